The van der Waals surface area contributed by atoms with Gasteiger partial charge < -0.3 is 28.9 Å². The maximum absolute atomic E-state index is 14.7. The van der Waals surface area contributed by atoms with E-state index >= 15 is 0 Å². The number of imidazole rings is 1. The summed E-state index contributed by atoms with van der Waals surface area (Å²) >= 11 is 7.36. The van der Waals surface area contributed by atoms with E-state index in [-0.39, 0.29) is 60.3 Å². The molecule has 0 bridgehead atoms. The van der Waals surface area contributed by atoms with Crippen molar-refractivity contribution in [1.29, 1.82) is 0 Å². The number of methoxy groups -OCH3 is 2. The number of anilines is 2. The van der Waals surface area contributed by atoms with E-state index < -0.39 is 11.9 Å². The molecule has 0 atom stereocenters. The maximum atomic E-state index is 14.7. The van der Waals surface area contributed by atoms with E-state index in [1.165, 1.54) is 33.4 Å². The van der Waals surface area contributed by atoms with Crippen molar-refractivity contribution in [3.8, 4) is 5.69 Å². The van der Waals surface area contributed by atoms with Gasteiger partial charge in [-0.1, -0.05) is 48.2 Å². The first-order valence-corrected chi connectivity index (χ1v) is 18.0. The van der Waals surface area contributed by atoms with Crippen LogP contribution < -0.4 is 26.2 Å². The summed E-state index contributed by atoms with van der Waals surface area (Å²) in [5, 5.41) is 10.4. The highest BCUT2D eigenvalue weighted by molar-refractivity contribution is 8.03. The predicted octanol–water partition coefficient (Wildman–Crippen LogP) is 4.30. The number of carbonyl (C=O) groups excluding carboxylic acids is 1. The molecular weight excluding hydrogens is 706 g/mol. The third-order valence-electron chi connectivity index (χ3n) is 8.66. The Bertz CT molecular complexity index is 2190. The average molecular weight is 744 g/mol. The van der Waals surface area contributed by atoms with Gasteiger partial charge in [0, 0.05) is 45.2 Å². The molecule has 0 unspecified atom stereocenters. The van der Waals surface area contributed by atoms with Crippen molar-refractivity contribution in [2.24, 2.45) is 0 Å². The molecule has 11 nitrogen and oxygen atoms in total. The highest BCUT2D eigenvalue weighted by atomic mass is 32.2. The molecule has 6 rings (SSSR count). The number of aromatic nitrogens is 2. The molecule has 270 valence electrons. The smallest absolute Gasteiger partial charge is 0.303 e. The van der Waals surface area contributed by atoms with E-state index in [4.69, 9.17) is 26.8 Å². The first-order chi connectivity index (χ1) is 25.2. The molecule has 3 heterocycles. The van der Waals surface area contributed by atoms with Crippen molar-refractivity contribution in [2.75, 3.05) is 50.3 Å². The van der Waals surface area contributed by atoms with Crippen LogP contribution in [0.4, 0.5) is 15.8 Å². The second kappa shape index (κ2) is 16.5. The second-order valence-electron chi connectivity index (χ2n) is 12.0. The summed E-state index contributed by atoms with van der Waals surface area (Å²) in [6.07, 6.45) is 4.56. The number of unbranched alkanes of at least 4 members (excludes halogenated alkanes) is 1. The molecule has 0 aliphatic carbocycles. The van der Waals surface area contributed by atoms with Crippen molar-refractivity contribution < 1.29 is 28.6 Å². The van der Waals surface area contributed by atoms with Crippen LogP contribution in [0.1, 0.15) is 19.3 Å². The highest BCUT2D eigenvalue weighted by Gasteiger charge is 2.41. The van der Waals surface area contributed by atoms with Crippen LogP contribution in [0.15, 0.2) is 99.7 Å². The monoisotopic (exact) mass is 743 g/mol. The largest absolute Gasteiger partial charge is 0.481 e. The van der Waals surface area contributed by atoms with Gasteiger partial charge in [-0.05, 0) is 79.7 Å². The van der Waals surface area contributed by atoms with Crippen LogP contribution in [0.3, 0.4) is 0 Å². The number of carbonyl (C=O) groups is 2. The van der Waals surface area contributed by atoms with Crippen molar-refractivity contribution in [3.63, 3.8) is 0 Å². The fourth-order valence-electron chi connectivity index (χ4n) is 6.24. The van der Waals surface area contributed by atoms with E-state index in [0.717, 1.165) is 9.92 Å². The van der Waals surface area contributed by atoms with Crippen LogP contribution in [-0.4, -0.2) is 76.7 Å². The van der Waals surface area contributed by atoms with Crippen molar-refractivity contribution in [3.05, 3.63) is 117 Å². The molecule has 1 aromatic heterocycles. The molecule has 1 N–H and O–H groups in total. The zero-order valence-electron chi connectivity index (χ0n) is 28.7. The number of fused-ring (bicyclic) bond motifs is 1. The maximum Gasteiger partial charge on any atom is 0.303 e. The lowest BCUT2D eigenvalue weighted by Gasteiger charge is -2.20. The van der Waals surface area contributed by atoms with Gasteiger partial charge in [0.2, 0.25) is 0 Å². The van der Waals surface area contributed by atoms with Gasteiger partial charge in [0.25, 0.3) is 11.5 Å². The van der Waals surface area contributed by atoms with Crippen LogP contribution >= 0.6 is 24.0 Å². The van der Waals surface area contributed by atoms with Crippen molar-refractivity contribution >= 4 is 64.1 Å². The molecule has 3 aromatic carbocycles. The lowest BCUT2D eigenvalue weighted by molar-refractivity contribution is -0.137. The van der Waals surface area contributed by atoms with Gasteiger partial charge in [0.15, 0.2) is 16.3 Å². The molecule has 0 saturated carbocycles. The Morgan fingerprint density at radius 2 is 1.54 bits per heavy atom. The van der Waals surface area contributed by atoms with Gasteiger partial charge in [0.1, 0.15) is 11.2 Å². The summed E-state index contributed by atoms with van der Waals surface area (Å²) in [5.41, 5.74) is 1.99. The van der Waals surface area contributed by atoms with E-state index in [1.54, 1.807) is 60.1 Å². The predicted molar refractivity (Wildman–Crippen MR) is 203 cm³/mol. The number of amides is 1. The molecule has 52 heavy (non-hydrogen) atoms. The van der Waals surface area contributed by atoms with Gasteiger partial charge in [-0.3, -0.25) is 23.9 Å². The molecule has 4 aromatic rings. The zero-order valence-corrected chi connectivity index (χ0v) is 30.4. The Morgan fingerprint density at radius 3 is 2.21 bits per heavy atom. The van der Waals surface area contributed by atoms with Crippen molar-refractivity contribution in [2.45, 2.75) is 30.7 Å². The summed E-state index contributed by atoms with van der Waals surface area (Å²) in [4.78, 5) is 46.4. The molecule has 1 amide bonds. The number of thiocarbonyl (C=S) groups is 1. The standard InChI is InChI=1S/C38H38FN5O6S2/c1-49-23-21-41-29(17-19-32-40(20-10-9-15-33(45)46)30-25-26(39)16-18-31(30)52-32)36(47)43(27-11-5-3-6-12-27)35(41)34-37(48)44(28-13-7-4-8-14-28)38(51)42(34)22-24-50-2/h3-8,11-14,16-19,25H,9-10,15,20-24H2,1-2H3,(H,45,46). The molecular formula is C38H38FN5O6S2. The number of allylic oxidation sites excluding steroid dienone is 1. The number of aliphatic carboxylic acids is 1. The minimum absolute atomic E-state index is 0.0288. The van der Waals surface area contributed by atoms with E-state index in [2.05, 4.69) is 0 Å². The quantitative estimate of drug-likeness (QED) is 0.148. The number of hydrogen-bond acceptors (Lipinski definition) is 8. The fraction of sp³-hybridized carbons (Fsp3) is 0.263. The highest BCUT2D eigenvalue weighted by Crippen LogP contribution is 2.46. The third-order valence-corrected chi connectivity index (χ3v) is 10.2. The summed E-state index contributed by atoms with van der Waals surface area (Å²) in [7, 11) is 3.14. The first kappa shape index (κ1) is 36.8. The summed E-state index contributed by atoms with van der Waals surface area (Å²) in [5.74, 6) is -1.65. The van der Waals surface area contributed by atoms with Gasteiger partial charge in [0.05, 0.1) is 35.3 Å². The minimum Gasteiger partial charge on any atom is -0.481 e. The molecule has 1 saturated heterocycles. The van der Waals surface area contributed by atoms with Crippen LogP contribution in [0.5, 0.6) is 0 Å². The van der Waals surface area contributed by atoms with Crippen LogP contribution in [0.2, 0.25) is 0 Å². The number of thioether (sulfide) groups is 1. The van der Waals surface area contributed by atoms with E-state index in [1.807, 2.05) is 47.4 Å². The molecule has 0 spiro atoms. The number of rotatable bonds is 14. The Labute approximate surface area is 309 Å². The number of hydrogen-bond donors (Lipinski definition) is 1. The Hall–Kier alpha value is -5.02. The molecule has 0 radical (unpaired) electrons. The van der Waals surface area contributed by atoms with E-state index in [9.17, 15) is 18.8 Å². The van der Waals surface area contributed by atoms with Gasteiger partial charge in [-0.15, -0.1) is 0 Å². The number of para-hydroxylation sites is 2. The summed E-state index contributed by atoms with van der Waals surface area (Å²) < 4.78 is 28.7. The molecule has 2 aliphatic rings. The second-order valence-corrected chi connectivity index (χ2v) is 13.4. The number of nitrogens with zero attached hydrogens (tertiary/aromatic N) is 5. The Morgan fingerprint density at radius 1 is 0.865 bits per heavy atom. The van der Waals surface area contributed by atoms with Gasteiger partial charge in [-0.25, -0.2) is 4.39 Å². The number of carboxylic acids is 1. The summed E-state index contributed by atoms with van der Waals surface area (Å²) in [6.45, 7) is 1.42. The first-order valence-electron chi connectivity index (χ1n) is 16.7. The van der Waals surface area contributed by atoms with E-state index in [0.29, 0.717) is 41.9 Å². The number of carboxylic acid groups (broad SMARTS) is 1. The van der Waals surface area contributed by atoms with Gasteiger partial charge >= 0.3 is 5.97 Å². The molecule has 1 fully saturated rings. The molecule has 2 aliphatic heterocycles. The lowest BCUT2D eigenvalue weighted by atomic mass is 10.2. The Balaban J connectivity index is 1.60. The third kappa shape index (κ3) is 7.46. The number of ether oxygens (including phenoxy) is 2. The fourth-order valence-corrected chi connectivity index (χ4v) is 7.68. The van der Waals surface area contributed by atoms with Crippen LogP contribution in [-0.2, 0) is 25.6 Å². The SMILES string of the molecule is COCCN1C(=S)N(c2ccccc2)C(=O)C1=c1n(CCOC)c(=CC=C2Sc3ccc(F)cc3N2CCCCC(=O)O)c(=O)n1-c1ccccc1. The molecule has 14 heteroatoms. The zero-order chi connectivity index (χ0) is 36.8. The van der Waals surface area contributed by atoms with Crippen molar-refractivity contribution in [1.82, 2.24) is 14.0 Å². The lowest BCUT2D eigenvalue weighted by Crippen LogP contribution is -2.39. The minimum atomic E-state index is -0.874. The van der Waals surface area contributed by atoms with Gasteiger partial charge in [-0.2, -0.15) is 0 Å². The Kier molecular flexibility index (Phi) is 11.7. The number of benzene rings is 3. The normalized spacial score (nSPS) is 16.5. The summed E-state index contributed by atoms with van der Waals surface area (Å²) in [6, 6.07) is 22.8. The van der Waals surface area contributed by atoms with Crippen LogP contribution in [0.25, 0.3) is 17.5 Å². The van der Waals surface area contributed by atoms with Crippen LogP contribution in [0, 0.1) is 5.82 Å². The topological polar surface area (TPSA) is 109 Å². The average Bonchev–Trinajstić information content (AvgIpc) is 3.71. The number of halogens is 1.